The predicted octanol–water partition coefficient (Wildman–Crippen LogP) is 6.94. The Bertz CT molecular complexity index is 1300. The zero-order valence-electron chi connectivity index (χ0n) is 20.1. The van der Waals surface area contributed by atoms with E-state index in [0.29, 0.717) is 41.5 Å². The molecule has 0 aliphatic carbocycles. The van der Waals surface area contributed by atoms with E-state index in [0.717, 1.165) is 11.1 Å². The highest BCUT2D eigenvalue weighted by atomic mass is 19.1. The number of halogens is 2. The fraction of sp³-hybridized carbons (Fsp3) is 0.276. The molecule has 0 fully saturated rings. The number of aryl methyl sites for hydroxylation is 1. The van der Waals surface area contributed by atoms with Gasteiger partial charge in [-0.25, -0.2) is 8.78 Å². The predicted molar refractivity (Wildman–Crippen MR) is 133 cm³/mol. The van der Waals surface area contributed by atoms with E-state index in [9.17, 15) is 13.6 Å². The van der Waals surface area contributed by atoms with Crippen LogP contribution in [0.3, 0.4) is 0 Å². The summed E-state index contributed by atoms with van der Waals surface area (Å²) in [6, 6.07) is 17.9. The van der Waals surface area contributed by atoms with Crippen LogP contribution in [0, 0.1) is 18.6 Å². The van der Waals surface area contributed by atoms with Crippen molar-refractivity contribution in [2.75, 3.05) is 6.54 Å². The minimum Gasteiger partial charge on any atom is -0.360 e. The van der Waals surface area contributed by atoms with Gasteiger partial charge in [0, 0.05) is 24.7 Å². The maximum absolute atomic E-state index is 14.6. The van der Waals surface area contributed by atoms with E-state index in [-0.39, 0.29) is 23.0 Å². The van der Waals surface area contributed by atoms with Crippen LogP contribution >= 0.6 is 0 Å². The first-order valence-electron chi connectivity index (χ1n) is 11.5. The fourth-order valence-corrected chi connectivity index (χ4v) is 4.18. The molecule has 4 rings (SSSR count). The maximum Gasteiger partial charge on any atom is 0.256 e. The first-order chi connectivity index (χ1) is 16.1. The van der Waals surface area contributed by atoms with Crippen LogP contribution in [0.15, 0.2) is 66.9 Å². The Labute approximate surface area is 199 Å². The minimum atomic E-state index is -0.316. The lowest BCUT2D eigenvalue weighted by atomic mass is 9.87. The third kappa shape index (κ3) is 5.04. The van der Waals surface area contributed by atoms with Gasteiger partial charge in [-0.15, -0.1) is 0 Å². The van der Waals surface area contributed by atoms with Gasteiger partial charge in [-0.05, 0) is 65.3 Å². The van der Waals surface area contributed by atoms with Gasteiger partial charge in [0.2, 0.25) is 0 Å². The fourth-order valence-electron chi connectivity index (χ4n) is 4.18. The number of nitrogens with one attached hydrogen (secondary N) is 1. The van der Waals surface area contributed by atoms with E-state index in [1.165, 1.54) is 17.7 Å². The second-order valence-corrected chi connectivity index (χ2v) is 9.87. The molecule has 0 aliphatic heterocycles. The molecule has 4 aromatic rings. The third-order valence-corrected chi connectivity index (χ3v) is 6.25. The summed E-state index contributed by atoms with van der Waals surface area (Å²) in [6.07, 6.45) is 2.23. The van der Waals surface area contributed by atoms with Crippen molar-refractivity contribution in [3.63, 3.8) is 0 Å². The van der Waals surface area contributed by atoms with Crippen LogP contribution in [0.1, 0.15) is 53.4 Å². The van der Waals surface area contributed by atoms with Crippen LogP contribution in [0.4, 0.5) is 8.78 Å². The van der Waals surface area contributed by atoms with Crippen LogP contribution in [-0.2, 0) is 18.4 Å². The summed E-state index contributed by atoms with van der Waals surface area (Å²) < 4.78 is 27.9. The topological polar surface area (TPSA) is 36.1 Å². The highest BCUT2D eigenvalue weighted by Crippen LogP contribution is 2.26. The molecule has 0 atom stereocenters. The Balaban J connectivity index is 1.65. The zero-order valence-corrected chi connectivity index (χ0v) is 20.1. The van der Waals surface area contributed by atoms with E-state index < -0.39 is 0 Å². The van der Waals surface area contributed by atoms with Gasteiger partial charge < -0.3 is 9.88 Å². The van der Waals surface area contributed by atoms with Crippen LogP contribution in [0.2, 0.25) is 0 Å². The number of amides is 1. The maximum atomic E-state index is 14.6. The Kier molecular flexibility index (Phi) is 6.56. The Morgan fingerprint density at radius 3 is 2.24 bits per heavy atom. The molecule has 1 heterocycles. The van der Waals surface area contributed by atoms with Gasteiger partial charge in [0.15, 0.2) is 0 Å². The summed E-state index contributed by atoms with van der Waals surface area (Å²) >= 11 is 0. The van der Waals surface area contributed by atoms with Crippen molar-refractivity contribution >= 4 is 16.8 Å². The van der Waals surface area contributed by atoms with Gasteiger partial charge in [-0.1, -0.05) is 57.2 Å². The number of carbonyl (C=O) groups is 1. The first kappa shape index (κ1) is 23.7. The van der Waals surface area contributed by atoms with E-state index >= 15 is 0 Å². The standard InChI is InChI=1S/C29H30F2N2O/c1-19-17-25(27-24(26(19)31)13-15-32-27)28(34)33(16-14-20-7-11-23(30)12-8-20)18-21-5-9-22(10-6-21)29(2,3)4/h5-13,15,17,32H,14,16,18H2,1-4H3. The van der Waals surface area contributed by atoms with Crippen molar-refractivity contribution in [1.82, 2.24) is 9.88 Å². The Morgan fingerprint density at radius 1 is 0.941 bits per heavy atom. The average Bonchev–Trinajstić information content (AvgIpc) is 3.30. The molecule has 3 nitrogen and oxygen atoms in total. The average molecular weight is 461 g/mol. The van der Waals surface area contributed by atoms with Crippen molar-refractivity contribution in [2.45, 2.75) is 46.1 Å². The molecule has 1 aromatic heterocycles. The molecule has 3 aromatic carbocycles. The van der Waals surface area contributed by atoms with Crippen molar-refractivity contribution in [3.05, 3.63) is 106 Å². The van der Waals surface area contributed by atoms with E-state index in [1.54, 1.807) is 42.3 Å². The number of hydrogen-bond acceptors (Lipinski definition) is 1. The zero-order chi connectivity index (χ0) is 24.5. The number of carbonyl (C=O) groups excluding carboxylic acids is 1. The first-order valence-corrected chi connectivity index (χ1v) is 11.5. The molecular formula is C29H30F2N2O. The quantitative estimate of drug-likeness (QED) is 0.332. The molecule has 0 saturated heterocycles. The monoisotopic (exact) mass is 460 g/mol. The van der Waals surface area contributed by atoms with Crippen molar-refractivity contribution < 1.29 is 13.6 Å². The summed E-state index contributed by atoms with van der Waals surface area (Å²) in [4.78, 5) is 18.6. The number of aromatic nitrogens is 1. The van der Waals surface area contributed by atoms with E-state index in [1.807, 2.05) is 0 Å². The smallest absolute Gasteiger partial charge is 0.256 e. The lowest BCUT2D eigenvalue weighted by Crippen LogP contribution is -2.33. The Hall–Kier alpha value is -3.47. The second kappa shape index (κ2) is 9.41. The summed E-state index contributed by atoms with van der Waals surface area (Å²) in [5, 5.41) is 0.413. The molecule has 5 heteroatoms. The normalized spacial score (nSPS) is 11.7. The molecule has 0 radical (unpaired) electrons. The molecule has 0 saturated carbocycles. The van der Waals surface area contributed by atoms with Crippen molar-refractivity contribution in [2.24, 2.45) is 0 Å². The molecule has 34 heavy (non-hydrogen) atoms. The highest BCUT2D eigenvalue weighted by Gasteiger charge is 2.22. The van der Waals surface area contributed by atoms with Gasteiger partial charge in [0.1, 0.15) is 11.6 Å². The van der Waals surface area contributed by atoms with Gasteiger partial charge in [0.05, 0.1) is 11.1 Å². The lowest BCUT2D eigenvalue weighted by Gasteiger charge is -2.25. The molecule has 1 amide bonds. The van der Waals surface area contributed by atoms with Crippen LogP contribution in [0.25, 0.3) is 10.9 Å². The summed E-state index contributed by atoms with van der Waals surface area (Å²) in [6.45, 7) is 9.04. The van der Waals surface area contributed by atoms with Gasteiger partial charge >= 0.3 is 0 Å². The summed E-state index contributed by atoms with van der Waals surface area (Å²) in [7, 11) is 0. The highest BCUT2D eigenvalue weighted by molar-refractivity contribution is 6.06. The molecular weight excluding hydrogens is 430 g/mol. The second-order valence-electron chi connectivity index (χ2n) is 9.87. The Morgan fingerprint density at radius 2 is 1.59 bits per heavy atom. The van der Waals surface area contributed by atoms with Gasteiger partial charge in [0.25, 0.3) is 5.91 Å². The SMILES string of the molecule is Cc1cc(C(=O)N(CCc2ccc(F)cc2)Cc2ccc(C(C)(C)C)cc2)c2[nH]ccc2c1F. The molecule has 0 aliphatic rings. The largest absolute Gasteiger partial charge is 0.360 e. The van der Waals surface area contributed by atoms with Crippen LogP contribution < -0.4 is 0 Å². The van der Waals surface area contributed by atoms with Crippen molar-refractivity contribution in [3.8, 4) is 0 Å². The third-order valence-electron chi connectivity index (χ3n) is 6.25. The number of fused-ring (bicyclic) bond motifs is 1. The number of nitrogens with zero attached hydrogens (tertiary/aromatic N) is 1. The molecule has 0 bridgehead atoms. The number of aromatic amines is 1. The molecule has 176 valence electrons. The number of hydrogen-bond donors (Lipinski definition) is 1. The molecule has 0 spiro atoms. The number of rotatable bonds is 6. The van der Waals surface area contributed by atoms with E-state index in [2.05, 4.69) is 50.0 Å². The number of H-pyrrole nitrogens is 1. The molecule has 0 unspecified atom stereocenters. The van der Waals surface area contributed by atoms with Gasteiger partial charge in [-0.2, -0.15) is 0 Å². The van der Waals surface area contributed by atoms with Crippen LogP contribution in [0.5, 0.6) is 0 Å². The van der Waals surface area contributed by atoms with Gasteiger partial charge in [-0.3, -0.25) is 4.79 Å². The van der Waals surface area contributed by atoms with E-state index in [4.69, 9.17) is 0 Å². The minimum absolute atomic E-state index is 0.0431. The summed E-state index contributed by atoms with van der Waals surface area (Å²) in [5.41, 5.74) is 4.62. The van der Waals surface area contributed by atoms with Crippen LogP contribution in [-0.4, -0.2) is 22.3 Å². The number of benzene rings is 3. The van der Waals surface area contributed by atoms with Crippen molar-refractivity contribution in [1.29, 1.82) is 0 Å². The molecule has 1 N–H and O–H groups in total. The summed E-state index contributed by atoms with van der Waals surface area (Å²) in [5.74, 6) is -0.771. The lowest BCUT2D eigenvalue weighted by molar-refractivity contribution is 0.0746.